The Kier molecular flexibility index (Phi) is 10.5. The van der Waals surface area contributed by atoms with E-state index in [9.17, 15) is 28.5 Å². The Morgan fingerprint density at radius 1 is 1.20 bits per heavy atom. The second-order valence-electron chi connectivity index (χ2n) is 8.97. The Morgan fingerprint density at radius 2 is 1.88 bits per heavy atom. The lowest BCUT2D eigenvalue weighted by molar-refractivity contribution is -0.192. The van der Waals surface area contributed by atoms with E-state index in [1.165, 1.54) is 7.11 Å². The van der Waals surface area contributed by atoms with Gasteiger partial charge in [0.1, 0.15) is 22.8 Å². The summed E-state index contributed by atoms with van der Waals surface area (Å²) >= 11 is 6.60. The van der Waals surface area contributed by atoms with Crippen molar-refractivity contribution in [1.82, 2.24) is 15.0 Å². The van der Waals surface area contributed by atoms with Gasteiger partial charge in [0.2, 0.25) is 11.8 Å². The molecule has 4 atom stereocenters. The minimum Gasteiger partial charge on any atom is -0.481 e. The van der Waals surface area contributed by atoms with Crippen LogP contribution in [0.5, 0.6) is 5.88 Å². The second kappa shape index (κ2) is 13.5. The molecule has 0 saturated heterocycles. The maximum absolute atomic E-state index is 10.6. The van der Waals surface area contributed by atoms with Crippen molar-refractivity contribution in [3.05, 3.63) is 23.0 Å². The molecule has 6 N–H and O–H groups in total. The van der Waals surface area contributed by atoms with Crippen LogP contribution in [0.3, 0.4) is 0 Å². The molecule has 0 radical (unpaired) electrons. The van der Waals surface area contributed by atoms with E-state index in [4.69, 9.17) is 35.4 Å². The third kappa shape index (κ3) is 7.65. The summed E-state index contributed by atoms with van der Waals surface area (Å²) < 4.78 is 48.1. The Hall–Kier alpha value is -3.44. The molecule has 1 aliphatic carbocycles. The van der Waals surface area contributed by atoms with Gasteiger partial charge in [0.15, 0.2) is 5.58 Å². The van der Waals surface area contributed by atoms with Crippen LogP contribution in [0.15, 0.2) is 16.5 Å². The lowest BCUT2D eigenvalue weighted by Gasteiger charge is -2.21. The van der Waals surface area contributed by atoms with E-state index in [1.54, 1.807) is 19.2 Å². The summed E-state index contributed by atoms with van der Waals surface area (Å²) in [6.07, 6.45) is -6.91. The number of hydrogen-bond acceptors (Lipinski definition) is 12. The number of nitrogens with one attached hydrogen (secondary N) is 2. The number of carboxylic acid groups (broad SMARTS) is 1. The number of carbonyl (C=O) groups is 1. The van der Waals surface area contributed by atoms with Gasteiger partial charge in [-0.15, -0.1) is 0 Å². The first-order chi connectivity index (χ1) is 19.3. The van der Waals surface area contributed by atoms with Gasteiger partial charge in [-0.3, -0.25) is 0 Å². The number of furan rings is 1. The number of methoxy groups -OCH3 is 2. The third-order valence-electron chi connectivity index (χ3n) is 6.16. The van der Waals surface area contributed by atoms with Gasteiger partial charge in [-0.05, 0) is 19.4 Å². The van der Waals surface area contributed by atoms with Crippen molar-refractivity contribution in [3.63, 3.8) is 0 Å². The molecule has 0 bridgehead atoms. The van der Waals surface area contributed by atoms with Crippen LogP contribution in [0.1, 0.15) is 12.1 Å². The smallest absolute Gasteiger partial charge is 0.481 e. The molecular formula is C24H29ClF3N5O8. The van der Waals surface area contributed by atoms with E-state index >= 15 is 0 Å². The summed E-state index contributed by atoms with van der Waals surface area (Å²) in [5.74, 6) is -1.79. The molecule has 0 amide bonds. The molecule has 41 heavy (non-hydrogen) atoms. The summed E-state index contributed by atoms with van der Waals surface area (Å²) in [7, 11) is 3.13. The van der Waals surface area contributed by atoms with Crippen molar-refractivity contribution in [3.8, 4) is 17.2 Å². The predicted molar refractivity (Wildman–Crippen MR) is 140 cm³/mol. The predicted octanol–water partition coefficient (Wildman–Crippen LogP) is 2.46. The van der Waals surface area contributed by atoms with Crippen LogP contribution in [-0.4, -0.2) is 99.8 Å². The molecule has 17 heteroatoms. The van der Waals surface area contributed by atoms with Crippen molar-refractivity contribution in [2.24, 2.45) is 5.92 Å². The Balaban J connectivity index is 0.000000587. The number of halogens is 4. The molecule has 1 aliphatic rings. The number of nitrogens with zero attached hydrogens (tertiary/aromatic N) is 3. The molecule has 1 fully saturated rings. The van der Waals surface area contributed by atoms with Crippen LogP contribution in [0.2, 0.25) is 5.15 Å². The Labute approximate surface area is 236 Å². The van der Waals surface area contributed by atoms with Crippen molar-refractivity contribution >= 4 is 40.3 Å². The highest BCUT2D eigenvalue weighted by atomic mass is 35.5. The minimum atomic E-state index is -5.08. The SMILES string of the molecule is COCCNc1nc(Cl)c(-c2cc3cc(OC)nc(C)c3o2)c(N[C@@H]2C[C@H](CO)[C@@H](O)[C@H]2O)n1.O=C(O)C(F)(F)F. The summed E-state index contributed by atoms with van der Waals surface area (Å²) in [5.41, 5.74) is 1.60. The molecule has 4 rings (SSSR count). The number of aliphatic carboxylic acids is 1. The van der Waals surface area contributed by atoms with Crippen LogP contribution in [0.4, 0.5) is 24.9 Å². The van der Waals surface area contributed by atoms with Crippen molar-refractivity contribution < 1.29 is 52.3 Å². The lowest BCUT2D eigenvalue weighted by atomic mass is 10.1. The fourth-order valence-corrected chi connectivity index (χ4v) is 4.39. The van der Waals surface area contributed by atoms with Crippen molar-refractivity contribution in [2.45, 2.75) is 37.8 Å². The van der Waals surface area contributed by atoms with Gasteiger partial charge in [-0.1, -0.05) is 11.6 Å². The third-order valence-corrected chi connectivity index (χ3v) is 6.43. The van der Waals surface area contributed by atoms with Gasteiger partial charge in [0.05, 0.1) is 37.1 Å². The largest absolute Gasteiger partial charge is 0.490 e. The molecule has 0 spiro atoms. The fraction of sp³-hybridized carbons (Fsp3) is 0.500. The quantitative estimate of drug-likeness (QED) is 0.154. The topological polar surface area (TPSA) is 192 Å². The average Bonchev–Trinajstić information content (AvgIpc) is 3.45. The molecule has 3 aromatic heterocycles. The van der Waals surface area contributed by atoms with Gasteiger partial charge in [0, 0.05) is 37.6 Å². The number of aromatic nitrogens is 3. The summed E-state index contributed by atoms with van der Waals surface area (Å²) in [4.78, 5) is 22.1. The number of ether oxygens (including phenoxy) is 2. The van der Waals surface area contributed by atoms with Gasteiger partial charge < -0.3 is 45.0 Å². The zero-order valence-corrected chi connectivity index (χ0v) is 22.8. The van der Waals surface area contributed by atoms with E-state index < -0.39 is 36.3 Å². The number of hydrogen-bond donors (Lipinski definition) is 6. The van der Waals surface area contributed by atoms with Gasteiger partial charge in [0.25, 0.3) is 0 Å². The highest BCUT2D eigenvalue weighted by Crippen LogP contribution is 2.40. The maximum atomic E-state index is 10.6. The normalized spacial score (nSPS) is 20.4. The molecule has 3 aromatic rings. The van der Waals surface area contributed by atoms with E-state index in [0.29, 0.717) is 53.9 Å². The minimum absolute atomic E-state index is 0.126. The number of aryl methyl sites for hydroxylation is 1. The molecule has 13 nitrogen and oxygen atoms in total. The molecule has 0 aromatic carbocycles. The highest BCUT2D eigenvalue weighted by molar-refractivity contribution is 6.32. The zero-order chi connectivity index (χ0) is 30.5. The van der Waals surface area contributed by atoms with Crippen LogP contribution in [0, 0.1) is 12.8 Å². The molecule has 226 valence electrons. The van der Waals surface area contributed by atoms with Crippen LogP contribution >= 0.6 is 11.6 Å². The van der Waals surface area contributed by atoms with E-state index in [0.717, 1.165) is 5.39 Å². The number of fused-ring (bicyclic) bond motifs is 1. The molecule has 0 unspecified atom stereocenters. The van der Waals surface area contributed by atoms with Gasteiger partial charge in [-0.25, -0.2) is 14.8 Å². The van der Waals surface area contributed by atoms with E-state index in [2.05, 4.69) is 25.6 Å². The average molecular weight is 608 g/mol. The summed E-state index contributed by atoms with van der Waals surface area (Å²) in [6, 6.07) is 2.97. The summed E-state index contributed by atoms with van der Waals surface area (Å²) in [5, 5.41) is 44.5. The fourth-order valence-electron chi connectivity index (χ4n) is 4.13. The van der Waals surface area contributed by atoms with Gasteiger partial charge >= 0.3 is 12.1 Å². The number of pyridine rings is 1. The number of aliphatic hydroxyl groups is 3. The van der Waals surface area contributed by atoms with E-state index in [1.807, 2.05) is 6.92 Å². The van der Waals surface area contributed by atoms with Crippen molar-refractivity contribution in [2.75, 3.05) is 44.6 Å². The molecule has 0 aliphatic heterocycles. The number of alkyl halides is 3. The molecule has 3 heterocycles. The number of rotatable bonds is 9. The molecule has 1 saturated carbocycles. The number of anilines is 2. The lowest BCUT2D eigenvalue weighted by Crippen LogP contribution is -2.35. The van der Waals surface area contributed by atoms with E-state index in [-0.39, 0.29) is 17.7 Å². The first-order valence-electron chi connectivity index (χ1n) is 12.1. The van der Waals surface area contributed by atoms with Crippen LogP contribution < -0.4 is 15.4 Å². The number of aliphatic hydroxyl groups excluding tert-OH is 3. The van der Waals surface area contributed by atoms with Crippen LogP contribution in [-0.2, 0) is 9.53 Å². The van der Waals surface area contributed by atoms with Gasteiger partial charge in [-0.2, -0.15) is 18.2 Å². The zero-order valence-electron chi connectivity index (χ0n) is 22.1. The maximum Gasteiger partial charge on any atom is 0.490 e. The Morgan fingerprint density at radius 3 is 2.44 bits per heavy atom. The van der Waals surface area contributed by atoms with Crippen molar-refractivity contribution in [1.29, 1.82) is 0 Å². The summed E-state index contributed by atoms with van der Waals surface area (Å²) in [6.45, 7) is 2.46. The first-order valence-corrected chi connectivity index (χ1v) is 12.5. The monoisotopic (exact) mass is 607 g/mol. The number of carboxylic acids is 1. The second-order valence-corrected chi connectivity index (χ2v) is 9.33. The van der Waals surface area contributed by atoms with Crippen LogP contribution in [0.25, 0.3) is 22.3 Å². The molecular weight excluding hydrogens is 579 g/mol. The highest BCUT2D eigenvalue weighted by Gasteiger charge is 2.42. The standard InChI is InChI=1S/C22H28ClN5O6.C2HF3O2/c1-10-19-11(8-15(25-10)33-3)7-14(34-19)16-20(23)27-22(24-4-5-32-2)28-21(16)26-13-6-12(9-29)17(30)18(13)31;3-2(4,5)1(6)7/h7-8,12-13,17-18,29-31H,4-6,9H2,1-3H3,(H2,24,26,27,28);(H,6,7)/t12-,13-,17-,18+;/m1./s1. The first kappa shape index (κ1) is 32.1. The Bertz CT molecular complexity index is 1360.